The van der Waals surface area contributed by atoms with Crippen LogP contribution in [0.15, 0.2) is 12.2 Å². The van der Waals surface area contributed by atoms with Crippen molar-refractivity contribution in [2.24, 2.45) is 0 Å². The van der Waals surface area contributed by atoms with Crippen LogP contribution in [0, 0.1) is 0 Å². The van der Waals surface area contributed by atoms with Gasteiger partial charge >= 0.3 is 17.9 Å². The van der Waals surface area contributed by atoms with E-state index in [4.69, 9.17) is 14.2 Å². The van der Waals surface area contributed by atoms with E-state index in [1.54, 1.807) is 0 Å². The Balaban J connectivity index is 4.11. The van der Waals surface area contributed by atoms with Crippen molar-refractivity contribution in [3.8, 4) is 0 Å². The standard InChI is InChI=1S/C45H84O6/c1-4-7-10-13-15-17-18-19-20-21-22-23-24-25-26-28-29-32-35-38-44(47)50-41-42(40-49-43(46)37-34-31-12-9-6-3)51-45(48)39-36-33-30-27-16-14-11-8-5-2/h19-20,42H,4-18,21-41H2,1-3H3/b20-19-. The van der Waals surface area contributed by atoms with Gasteiger partial charge in [0.1, 0.15) is 13.2 Å². The Labute approximate surface area is 316 Å². The molecule has 0 amide bonds. The van der Waals surface area contributed by atoms with Crippen LogP contribution in [0.1, 0.15) is 239 Å². The number of unbranched alkanes of at least 4 members (excludes halogenated alkanes) is 27. The Morgan fingerprint density at radius 1 is 0.373 bits per heavy atom. The van der Waals surface area contributed by atoms with Crippen molar-refractivity contribution < 1.29 is 28.6 Å². The lowest BCUT2D eigenvalue weighted by Gasteiger charge is -2.18. The molecule has 51 heavy (non-hydrogen) atoms. The van der Waals surface area contributed by atoms with Crippen LogP contribution in [0.5, 0.6) is 0 Å². The predicted octanol–water partition coefficient (Wildman–Crippen LogP) is 13.9. The predicted molar refractivity (Wildman–Crippen MR) is 215 cm³/mol. The first kappa shape index (κ1) is 49.1. The van der Waals surface area contributed by atoms with Gasteiger partial charge in [0.05, 0.1) is 0 Å². The summed E-state index contributed by atoms with van der Waals surface area (Å²) in [6.45, 7) is 6.53. The summed E-state index contributed by atoms with van der Waals surface area (Å²) >= 11 is 0. The minimum atomic E-state index is -0.759. The van der Waals surface area contributed by atoms with E-state index < -0.39 is 6.10 Å². The van der Waals surface area contributed by atoms with Crippen molar-refractivity contribution in [1.29, 1.82) is 0 Å². The third kappa shape index (κ3) is 39.2. The van der Waals surface area contributed by atoms with Crippen LogP contribution in [0.2, 0.25) is 0 Å². The van der Waals surface area contributed by atoms with E-state index >= 15 is 0 Å². The van der Waals surface area contributed by atoms with E-state index in [1.807, 2.05) is 0 Å². The molecule has 0 N–H and O–H groups in total. The highest BCUT2D eigenvalue weighted by atomic mass is 16.6. The minimum absolute atomic E-state index is 0.0684. The van der Waals surface area contributed by atoms with Crippen molar-refractivity contribution in [1.82, 2.24) is 0 Å². The highest BCUT2D eigenvalue weighted by Gasteiger charge is 2.19. The molecule has 300 valence electrons. The summed E-state index contributed by atoms with van der Waals surface area (Å²) in [5.41, 5.74) is 0. The second-order valence-electron chi connectivity index (χ2n) is 15.0. The van der Waals surface area contributed by atoms with Crippen molar-refractivity contribution in [3.63, 3.8) is 0 Å². The number of hydrogen-bond donors (Lipinski definition) is 0. The first-order valence-corrected chi connectivity index (χ1v) is 22.2. The second-order valence-corrected chi connectivity index (χ2v) is 15.0. The molecule has 0 aliphatic heterocycles. The van der Waals surface area contributed by atoms with Gasteiger partial charge in [-0.2, -0.15) is 0 Å². The minimum Gasteiger partial charge on any atom is -0.462 e. The first-order chi connectivity index (χ1) is 25.0. The Morgan fingerprint density at radius 2 is 0.647 bits per heavy atom. The zero-order valence-electron chi connectivity index (χ0n) is 34.1. The Hall–Kier alpha value is -1.85. The van der Waals surface area contributed by atoms with Gasteiger partial charge in [-0.3, -0.25) is 14.4 Å². The summed E-state index contributed by atoms with van der Waals surface area (Å²) in [6, 6.07) is 0. The monoisotopic (exact) mass is 721 g/mol. The summed E-state index contributed by atoms with van der Waals surface area (Å²) in [5.74, 6) is -0.882. The molecule has 6 heteroatoms. The van der Waals surface area contributed by atoms with E-state index in [2.05, 4.69) is 32.9 Å². The van der Waals surface area contributed by atoms with Crippen LogP contribution < -0.4 is 0 Å². The average Bonchev–Trinajstić information content (AvgIpc) is 3.12. The highest BCUT2D eigenvalue weighted by Crippen LogP contribution is 2.14. The molecule has 0 aliphatic carbocycles. The van der Waals surface area contributed by atoms with Gasteiger partial charge in [-0.05, 0) is 44.9 Å². The third-order valence-corrected chi connectivity index (χ3v) is 9.77. The van der Waals surface area contributed by atoms with Crippen LogP contribution in [0.25, 0.3) is 0 Å². The summed E-state index contributed by atoms with van der Waals surface area (Å²) in [7, 11) is 0. The largest absolute Gasteiger partial charge is 0.462 e. The molecule has 0 radical (unpaired) electrons. The normalized spacial score (nSPS) is 12.0. The molecule has 6 nitrogen and oxygen atoms in total. The third-order valence-electron chi connectivity index (χ3n) is 9.77. The molecule has 0 spiro atoms. The fourth-order valence-electron chi connectivity index (χ4n) is 6.38. The smallest absolute Gasteiger partial charge is 0.306 e. The molecule has 0 aromatic carbocycles. The fourth-order valence-corrected chi connectivity index (χ4v) is 6.38. The van der Waals surface area contributed by atoms with E-state index in [1.165, 1.54) is 135 Å². The molecule has 0 saturated heterocycles. The van der Waals surface area contributed by atoms with Gasteiger partial charge in [0, 0.05) is 19.3 Å². The maximum atomic E-state index is 12.6. The lowest BCUT2D eigenvalue weighted by Crippen LogP contribution is -2.30. The van der Waals surface area contributed by atoms with E-state index in [9.17, 15) is 14.4 Å². The summed E-state index contributed by atoms with van der Waals surface area (Å²) in [4.78, 5) is 37.3. The molecule has 0 rings (SSSR count). The molecular weight excluding hydrogens is 636 g/mol. The van der Waals surface area contributed by atoms with Crippen LogP contribution in [-0.2, 0) is 28.6 Å². The number of hydrogen-bond acceptors (Lipinski definition) is 6. The number of carbonyl (C=O) groups is 3. The molecule has 0 fully saturated rings. The van der Waals surface area contributed by atoms with Gasteiger partial charge in [-0.15, -0.1) is 0 Å². The Bertz CT molecular complexity index is 794. The summed E-state index contributed by atoms with van der Waals surface area (Å²) in [6.07, 6.45) is 42.3. The molecule has 0 aromatic rings. The van der Waals surface area contributed by atoms with Crippen molar-refractivity contribution >= 4 is 17.9 Å². The lowest BCUT2D eigenvalue weighted by molar-refractivity contribution is -0.167. The van der Waals surface area contributed by atoms with Gasteiger partial charge in [0.15, 0.2) is 6.10 Å². The van der Waals surface area contributed by atoms with Crippen LogP contribution in [0.3, 0.4) is 0 Å². The molecule has 0 aliphatic rings. The van der Waals surface area contributed by atoms with Crippen LogP contribution in [-0.4, -0.2) is 37.2 Å². The number of carbonyl (C=O) groups excluding carboxylic acids is 3. The molecule has 0 saturated carbocycles. The van der Waals surface area contributed by atoms with Gasteiger partial charge in [0.25, 0.3) is 0 Å². The van der Waals surface area contributed by atoms with Crippen LogP contribution in [0.4, 0.5) is 0 Å². The Kier molecular flexibility index (Phi) is 39.4. The van der Waals surface area contributed by atoms with E-state index in [-0.39, 0.29) is 31.1 Å². The number of allylic oxidation sites excluding steroid dienone is 2. The van der Waals surface area contributed by atoms with E-state index in [0.717, 1.165) is 64.2 Å². The van der Waals surface area contributed by atoms with Crippen molar-refractivity contribution in [2.45, 2.75) is 245 Å². The van der Waals surface area contributed by atoms with E-state index in [0.29, 0.717) is 19.3 Å². The number of esters is 3. The topological polar surface area (TPSA) is 78.9 Å². The molecule has 0 heterocycles. The molecular formula is C45H84O6. The fraction of sp³-hybridized carbons (Fsp3) is 0.889. The average molecular weight is 721 g/mol. The Morgan fingerprint density at radius 3 is 0.980 bits per heavy atom. The first-order valence-electron chi connectivity index (χ1n) is 22.2. The number of rotatable bonds is 40. The lowest BCUT2D eigenvalue weighted by atomic mass is 10.1. The second kappa shape index (κ2) is 40.9. The van der Waals surface area contributed by atoms with Gasteiger partial charge in [0.2, 0.25) is 0 Å². The zero-order chi connectivity index (χ0) is 37.3. The van der Waals surface area contributed by atoms with Gasteiger partial charge in [-0.1, -0.05) is 187 Å². The zero-order valence-corrected chi connectivity index (χ0v) is 34.1. The van der Waals surface area contributed by atoms with Crippen molar-refractivity contribution in [2.75, 3.05) is 13.2 Å². The molecule has 0 aromatic heterocycles. The van der Waals surface area contributed by atoms with Gasteiger partial charge < -0.3 is 14.2 Å². The number of ether oxygens (including phenoxy) is 3. The molecule has 1 unspecified atom stereocenters. The quantitative estimate of drug-likeness (QED) is 0.0271. The SMILES string of the molecule is CCCCCCCC/C=C\CCCCCCCCCCCC(=O)OCC(COC(=O)CCCCCCC)OC(=O)CCCCCCCCCCC. The summed E-state index contributed by atoms with van der Waals surface area (Å²) < 4.78 is 16.5. The highest BCUT2D eigenvalue weighted by molar-refractivity contribution is 5.71. The van der Waals surface area contributed by atoms with Crippen molar-refractivity contribution in [3.05, 3.63) is 12.2 Å². The van der Waals surface area contributed by atoms with Crippen LogP contribution >= 0.6 is 0 Å². The molecule has 1 atom stereocenters. The van der Waals surface area contributed by atoms with Gasteiger partial charge in [-0.25, -0.2) is 0 Å². The summed E-state index contributed by atoms with van der Waals surface area (Å²) in [5, 5.41) is 0. The molecule has 0 bridgehead atoms. The maximum Gasteiger partial charge on any atom is 0.306 e. The maximum absolute atomic E-state index is 12.6.